The molecule has 1 aliphatic heterocycles. The van der Waals surface area contributed by atoms with Crippen molar-refractivity contribution in [2.45, 2.75) is 20.4 Å². The number of furan rings is 1. The van der Waals surface area contributed by atoms with Gasteiger partial charge in [0.25, 0.3) is 0 Å². The summed E-state index contributed by atoms with van der Waals surface area (Å²) >= 11 is 0. The van der Waals surface area contributed by atoms with Crippen molar-refractivity contribution in [3.8, 4) is 11.6 Å². The highest BCUT2D eigenvalue weighted by Crippen LogP contribution is 2.25. The van der Waals surface area contributed by atoms with E-state index in [-0.39, 0.29) is 0 Å². The molecule has 0 bridgehead atoms. The Balaban J connectivity index is 1.17. The molecule has 0 radical (unpaired) electrons. The molecule has 0 aliphatic carbocycles. The first-order valence-corrected chi connectivity index (χ1v) is 11.7. The standard InChI is InChI=1S/C25H28N8O/c1-17-5-6-20(18(2)16-17)31-12-9-30(10-13-31)11-14-32-8-7-19-23(32)28-25(26)33-24(19)27-22(29-33)21-4-3-15-34-21/h3-8,15-16H,9-14H2,1-2H3,(H2,26,28). The summed E-state index contributed by atoms with van der Waals surface area (Å²) in [4.78, 5) is 14.3. The predicted octanol–water partition coefficient (Wildman–Crippen LogP) is 3.36. The van der Waals surface area contributed by atoms with Crippen LogP contribution in [0.5, 0.6) is 0 Å². The van der Waals surface area contributed by atoms with E-state index >= 15 is 0 Å². The number of fused-ring (bicyclic) bond motifs is 3. The van der Waals surface area contributed by atoms with Crippen molar-refractivity contribution in [1.82, 2.24) is 29.0 Å². The van der Waals surface area contributed by atoms with E-state index in [0.717, 1.165) is 50.3 Å². The molecule has 0 amide bonds. The van der Waals surface area contributed by atoms with E-state index in [2.05, 4.69) is 67.7 Å². The fraction of sp³-hybridized carbons (Fsp3) is 0.320. The van der Waals surface area contributed by atoms with Crippen LogP contribution in [0, 0.1) is 13.8 Å². The summed E-state index contributed by atoms with van der Waals surface area (Å²) in [7, 11) is 0. The summed E-state index contributed by atoms with van der Waals surface area (Å²) in [5, 5.41) is 5.41. The number of aromatic nitrogens is 5. The highest BCUT2D eigenvalue weighted by molar-refractivity contribution is 5.91. The van der Waals surface area contributed by atoms with Crippen LogP contribution in [0.3, 0.4) is 0 Å². The topological polar surface area (TPSA) is 93.7 Å². The van der Waals surface area contributed by atoms with Crippen LogP contribution in [0.15, 0.2) is 53.3 Å². The lowest BCUT2D eigenvalue weighted by atomic mass is 10.1. The number of nitrogen functional groups attached to an aromatic ring is 1. The third-order valence-corrected chi connectivity index (χ3v) is 6.68. The Morgan fingerprint density at radius 1 is 0.971 bits per heavy atom. The van der Waals surface area contributed by atoms with Gasteiger partial charge in [-0.3, -0.25) is 4.90 Å². The van der Waals surface area contributed by atoms with Gasteiger partial charge in [0.1, 0.15) is 5.65 Å². The van der Waals surface area contributed by atoms with E-state index in [1.165, 1.54) is 16.8 Å². The van der Waals surface area contributed by atoms with Crippen LogP contribution in [-0.4, -0.2) is 61.8 Å². The molecule has 0 spiro atoms. The van der Waals surface area contributed by atoms with Crippen LogP contribution in [0.4, 0.5) is 11.6 Å². The second-order valence-electron chi connectivity index (χ2n) is 8.98. The third-order valence-electron chi connectivity index (χ3n) is 6.68. The zero-order chi connectivity index (χ0) is 23.2. The molecule has 9 nitrogen and oxygen atoms in total. The van der Waals surface area contributed by atoms with Gasteiger partial charge in [-0.1, -0.05) is 17.7 Å². The molecule has 5 aromatic rings. The number of hydrogen-bond acceptors (Lipinski definition) is 7. The summed E-state index contributed by atoms with van der Waals surface area (Å²) in [6.45, 7) is 10.3. The Labute approximate surface area is 197 Å². The number of aryl methyl sites for hydroxylation is 2. The molecular weight excluding hydrogens is 428 g/mol. The first-order valence-electron chi connectivity index (χ1n) is 11.7. The Morgan fingerprint density at radius 2 is 1.82 bits per heavy atom. The minimum atomic E-state index is 0.315. The maximum atomic E-state index is 6.24. The molecule has 34 heavy (non-hydrogen) atoms. The number of hydrogen-bond donors (Lipinski definition) is 1. The normalized spacial score (nSPS) is 15.1. The number of nitrogens with two attached hydrogens (primary N) is 1. The van der Waals surface area contributed by atoms with E-state index in [4.69, 9.17) is 10.2 Å². The summed E-state index contributed by atoms with van der Waals surface area (Å²) < 4.78 is 9.18. The molecule has 0 atom stereocenters. The van der Waals surface area contributed by atoms with Crippen molar-refractivity contribution in [2.75, 3.05) is 43.4 Å². The highest BCUT2D eigenvalue weighted by atomic mass is 16.3. The average Bonchev–Trinajstić information content (AvgIpc) is 3.58. The van der Waals surface area contributed by atoms with Gasteiger partial charge in [-0.05, 0) is 43.7 Å². The van der Waals surface area contributed by atoms with E-state index in [1.807, 2.05) is 18.2 Å². The highest BCUT2D eigenvalue weighted by Gasteiger charge is 2.20. The van der Waals surface area contributed by atoms with Crippen molar-refractivity contribution >= 4 is 28.3 Å². The van der Waals surface area contributed by atoms with Crippen LogP contribution in [0.1, 0.15) is 11.1 Å². The lowest BCUT2D eigenvalue weighted by molar-refractivity contribution is 0.249. The fourth-order valence-electron chi connectivity index (χ4n) is 4.88. The predicted molar refractivity (Wildman–Crippen MR) is 133 cm³/mol. The number of rotatable bonds is 5. The van der Waals surface area contributed by atoms with E-state index in [1.54, 1.807) is 10.8 Å². The monoisotopic (exact) mass is 456 g/mol. The van der Waals surface area contributed by atoms with Crippen LogP contribution < -0.4 is 10.6 Å². The first-order chi connectivity index (χ1) is 16.6. The molecule has 1 fully saturated rings. The van der Waals surface area contributed by atoms with Gasteiger partial charge in [0, 0.05) is 51.2 Å². The average molecular weight is 457 g/mol. The molecule has 0 saturated carbocycles. The number of anilines is 2. The fourth-order valence-corrected chi connectivity index (χ4v) is 4.88. The van der Waals surface area contributed by atoms with Gasteiger partial charge < -0.3 is 19.6 Å². The summed E-state index contributed by atoms with van der Waals surface area (Å²) in [5.74, 6) is 1.42. The van der Waals surface area contributed by atoms with Crippen LogP contribution >= 0.6 is 0 Å². The zero-order valence-electron chi connectivity index (χ0n) is 19.5. The number of benzene rings is 1. The van der Waals surface area contributed by atoms with Gasteiger partial charge in [0.05, 0.1) is 11.6 Å². The largest absolute Gasteiger partial charge is 0.461 e. The second-order valence-corrected chi connectivity index (χ2v) is 8.98. The molecule has 1 aromatic carbocycles. The maximum Gasteiger partial charge on any atom is 0.225 e. The van der Waals surface area contributed by atoms with Gasteiger partial charge in [-0.2, -0.15) is 9.50 Å². The SMILES string of the molecule is Cc1ccc(N2CCN(CCn3ccc4c3nc(N)n3nc(-c5ccco5)nc43)CC2)c(C)c1. The van der Waals surface area contributed by atoms with Gasteiger partial charge in [-0.25, -0.2) is 4.98 Å². The maximum absolute atomic E-state index is 6.24. The first kappa shape index (κ1) is 20.7. The quantitative estimate of drug-likeness (QED) is 0.433. The van der Waals surface area contributed by atoms with Crippen molar-refractivity contribution in [2.24, 2.45) is 0 Å². The smallest absolute Gasteiger partial charge is 0.225 e. The van der Waals surface area contributed by atoms with E-state index in [0.29, 0.717) is 23.2 Å². The number of nitrogens with zero attached hydrogens (tertiary/aromatic N) is 7. The molecule has 4 aromatic heterocycles. The van der Waals surface area contributed by atoms with Crippen LogP contribution in [-0.2, 0) is 6.54 Å². The summed E-state index contributed by atoms with van der Waals surface area (Å²) in [5.41, 5.74) is 11.8. The molecule has 1 saturated heterocycles. The van der Waals surface area contributed by atoms with Crippen molar-refractivity contribution in [1.29, 1.82) is 0 Å². The number of piperazine rings is 1. The zero-order valence-corrected chi connectivity index (χ0v) is 19.5. The molecule has 5 heterocycles. The molecule has 6 rings (SSSR count). The Kier molecular flexibility index (Phi) is 4.99. The Bertz CT molecular complexity index is 1460. The molecule has 0 unspecified atom stereocenters. The van der Waals surface area contributed by atoms with Gasteiger partial charge in [0.15, 0.2) is 11.4 Å². The minimum absolute atomic E-state index is 0.315. The molecular formula is C25H28N8O. The third kappa shape index (κ3) is 3.58. The lowest BCUT2D eigenvalue weighted by Crippen LogP contribution is -2.47. The molecule has 1 aliphatic rings. The van der Waals surface area contributed by atoms with E-state index < -0.39 is 0 Å². The van der Waals surface area contributed by atoms with Crippen LogP contribution in [0.2, 0.25) is 0 Å². The summed E-state index contributed by atoms with van der Waals surface area (Å²) in [6, 6.07) is 12.4. The molecule has 2 N–H and O–H groups in total. The van der Waals surface area contributed by atoms with Crippen molar-refractivity contribution < 1.29 is 4.42 Å². The van der Waals surface area contributed by atoms with Crippen LogP contribution in [0.25, 0.3) is 28.3 Å². The Hall–Kier alpha value is -3.85. The lowest BCUT2D eigenvalue weighted by Gasteiger charge is -2.37. The van der Waals surface area contributed by atoms with Crippen molar-refractivity contribution in [3.05, 3.63) is 60.0 Å². The Morgan fingerprint density at radius 3 is 2.59 bits per heavy atom. The van der Waals surface area contributed by atoms with Crippen molar-refractivity contribution in [3.63, 3.8) is 0 Å². The molecule has 9 heteroatoms. The van der Waals surface area contributed by atoms with E-state index in [9.17, 15) is 0 Å². The van der Waals surface area contributed by atoms with Gasteiger partial charge >= 0.3 is 0 Å². The molecule has 174 valence electrons. The second kappa shape index (κ2) is 8.18. The van der Waals surface area contributed by atoms with Gasteiger partial charge in [0.2, 0.25) is 11.8 Å². The summed E-state index contributed by atoms with van der Waals surface area (Å²) in [6.07, 6.45) is 3.67. The minimum Gasteiger partial charge on any atom is -0.461 e. The van der Waals surface area contributed by atoms with Gasteiger partial charge in [-0.15, -0.1) is 5.10 Å².